The van der Waals surface area contributed by atoms with Crippen LogP contribution in [-0.2, 0) is 4.79 Å². The van der Waals surface area contributed by atoms with E-state index in [1.165, 1.54) is 6.26 Å². The number of hydrogen-bond acceptors (Lipinski definition) is 4. The van der Waals surface area contributed by atoms with Crippen LogP contribution in [0, 0.1) is 0 Å². The molecule has 2 N–H and O–H groups in total. The number of methoxy groups -OCH3 is 1. The number of para-hydroxylation sites is 1. The van der Waals surface area contributed by atoms with Crippen LogP contribution in [-0.4, -0.2) is 18.9 Å². The summed E-state index contributed by atoms with van der Waals surface area (Å²) in [4.78, 5) is 25.6. The quantitative estimate of drug-likeness (QED) is 0.286. The molecule has 0 spiro atoms. The van der Waals surface area contributed by atoms with E-state index in [1.807, 2.05) is 54.6 Å². The standard InChI is InChI=1S/C27H22N2O4/c1-32-24-14-6-5-11-20(24)17-23(19-9-3-2-4-10-19)26(30)28-21-12-7-13-22(18-21)29-27(31)25-15-8-16-33-25/h2-18H,1H3,(H,28,30)(H,29,31)/b23-17+. The number of carbonyl (C=O) groups is 2. The number of anilines is 2. The molecule has 0 unspecified atom stereocenters. The van der Waals surface area contributed by atoms with E-state index in [9.17, 15) is 9.59 Å². The SMILES string of the molecule is COc1ccccc1/C=C(/C(=O)Nc1cccc(NC(=O)c2ccco2)c1)c1ccccc1. The predicted octanol–water partition coefficient (Wildman–Crippen LogP) is 5.72. The summed E-state index contributed by atoms with van der Waals surface area (Å²) in [7, 11) is 1.59. The third-order valence-electron chi connectivity index (χ3n) is 4.89. The van der Waals surface area contributed by atoms with Crippen molar-refractivity contribution < 1.29 is 18.7 Å². The second-order valence-electron chi connectivity index (χ2n) is 7.13. The fourth-order valence-corrected chi connectivity index (χ4v) is 3.31. The Labute approximate surface area is 191 Å². The highest BCUT2D eigenvalue weighted by molar-refractivity contribution is 6.29. The molecular weight excluding hydrogens is 416 g/mol. The van der Waals surface area contributed by atoms with Crippen LogP contribution in [0.2, 0.25) is 0 Å². The fraction of sp³-hybridized carbons (Fsp3) is 0.0370. The van der Waals surface area contributed by atoms with E-state index < -0.39 is 0 Å². The summed E-state index contributed by atoms with van der Waals surface area (Å²) >= 11 is 0. The minimum absolute atomic E-state index is 0.204. The van der Waals surface area contributed by atoms with Gasteiger partial charge in [-0.25, -0.2) is 0 Å². The molecule has 0 fully saturated rings. The molecule has 0 saturated heterocycles. The topological polar surface area (TPSA) is 80.6 Å². The van der Waals surface area contributed by atoms with Gasteiger partial charge in [-0.05, 0) is 48.0 Å². The van der Waals surface area contributed by atoms with E-state index in [2.05, 4.69) is 10.6 Å². The maximum atomic E-state index is 13.3. The van der Waals surface area contributed by atoms with Crippen molar-refractivity contribution in [3.05, 3.63) is 114 Å². The van der Waals surface area contributed by atoms with E-state index in [4.69, 9.17) is 9.15 Å². The molecule has 0 saturated carbocycles. The summed E-state index contributed by atoms with van der Waals surface area (Å²) in [6, 6.07) is 27.1. The Morgan fingerprint density at radius 3 is 2.27 bits per heavy atom. The first-order chi connectivity index (χ1) is 16.1. The predicted molar refractivity (Wildman–Crippen MR) is 129 cm³/mol. The third kappa shape index (κ3) is 5.37. The van der Waals surface area contributed by atoms with E-state index in [0.717, 1.165) is 11.1 Å². The minimum atomic E-state index is -0.371. The average molecular weight is 438 g/mol. The van der Waals surface area contributed by atoms with E-state index >= 15 is 0 Å². The molecule has 1 aromatic heterocycles. The zero-order valence-corrected chi connectivity index (χ0v) is 17.9. The molecule has 6 heteroatoms. The van der Waals surface area contributed by atoms with Crippen LogP contribution >= 0.6 is 0 Å². The summed E-state index contributed by atoms with van der Waals surface area (Å²) in [5.74, 6) is 0.211. The molecule has 6 nitrogen and oxygen atoms in total. The van der Waals surface area contributed by atoms with Gasteiger partial charge in [0.2, 0.25) is 0 Å². The highest BCUT2D eigenvalue weighted by Gasteiger charge is 2.15. The molecule has 0 aliphatic heterocycles. The van der Waals surface area contributed by atoms with Crippen molar-refractivity contribution >= 4 is 34.8 Å². The van der Waals surface area contributed by atoms with Crippen LogP contribution in [0.15, 0.2) is 102 Å². The Kier molecular flexibility index (Phi) is 6.66. The first kappa shape index (κ1) is 21.6. The van der Waals surface area contributed by atoms with Crippen LogP contribution in [0.1, 0.15) is 21.7 Å². The lowest BCUT2D eigenvalue weighted by molar-refractivity contribution is -0.111. The van der Waals surface area contributed by atoms with Crippen LogP contribution < -0.4 is 15.4 Å². The first-order valence-electron chi connectivity index (χ1n) is 10.3. The van der Waals surface area contributed by atoms with Gasteiger partial charge in [0.25, 0.3) is 11.8 Å². The first-order valence-corrected chi connectivity index (χ1v) is 10.3. The monoisotopic (exact) mass is 438 g/mol. The Hall–Kier alpha value is -4.58. The van der Waals surface area contributed by atoms with Crippen molar-refractivity contribution in [3.63, 3.8) is 0 Å². The van der Waals surface area contributed by atoms with Crippen molar-refractivity contribution in [2.24, 2.45) is 0 Å². The van der Waals surface area contributed by atoms with Gasteiger partial charge in [0, 0.05) is 22.5 Å². The number of nitrogens with one attached hydrogen (secondary N) is 2. The normalized spacial score (nSPS) is 11.0. The minimum Gasteiger partial charge on any atom is -0.496 e. The smallest absolute Gasteiger partial charge is 0.291 e. The van der Waals surface area contributed by atoms with Crippen molar-refractivity contribution in [2.45, 2.75) is 0 Å². The Morgan fingerprint density at radius 2 is 1.55 bits per heavy atom. The lowest BCUT2D eigenvalue weighted by Crippen LogP contribution is -2.15. The number of amides is 2. The van der Waals surface area contributed by atoms with Gasteiger partial charge < -0.3 is 19.8 Å². The van der Waals surface area contributed by atoms with Gasteiger partial charge in [0.1, 0.15) is 5.75 Å². The molecule has 4 rings (SSSR count). The Morgan fingerprint density at radius 1 is 0.818 bits per heavy atom. The molecule has 2 amide bonds. The molecule has 0 aliphatic rings. The van der Waals surface area contributed by atoms with Gasteiger partial charge >= 0.3 is 0 Å². The molecule has 0 aliphatic carbocycles. The lowest BCUT2D eigenvalue weighted by atomic mass is 10.0. The van der Waals surface area contributed by atoms with E-state index in [-0.39, 0.29) is 17.6 Å². The van der Waals surface area contributed by atoms with Gasteiger partial charge in [-0.2, -0.15) is 0 Å². The number of furan rings is 1. The number of hydrogen-bond donors (Lipinski definition) is 2. The Balaban J connectivity index is 1.60. The summed E-state index contributed by atoms with van der Waals surface area (Å²) in [5.41, 5.74) is 3.10. The number of ether oxygens (including phenoxy) is 1. The zero-order valence-electron chi connectivity index (χ0n) is 17.9. The zero-order chi connectivity index (χ0) is 23.0. The highest BCUT2D eigenvalue weighted by atomic mass is 16.5. The van der Waals surface area contributed by atoms with Crippen molar-refractivity contribution in [3.8, 4) is 5.75 Å². The molecule has 164 valence electrons. The van der Waals surface area contributed by atoms with Crippen LogP contribution in [0.4, 0.5) is 11.4 Å². The molecule has 0 atom stereocenters. The number of carbonyl (C=O) groups excluding carboxylic acids is 2. The van der Waals surface area contributed by atoms with Crippen molar-refractivity contribution in [1.29, 1.82) is 0 Å². The molecule has 3 aromatic carbocycles. The number of benzene rings is 3. The molecule has 4 aromatic rings. The molecule has 0 radical (unpaired) electrons. The summed E-state index contributed by atoms with van der Waals surface area (Å²) in [5, 5.41) is 5.68. The lowest BCUT2D eigenvalue weighted by Gasteiger charge is -2.12. The maximum Gasteiger partial charge on any atom is 0.291 e. The average Bonchev–Trinajstić information content (AvgIpc) is 3.39. The van der Waals surface area contributed by atoms with Gasteiger partial charge in [0.15, 0.2) is 5.76 Å². The van der Waals surface area contributed by atoms with Gasteiger partial charge in [0.05, 0.1) is 13.4 Å². The highest BCUT2D eigenvalue weighted by Crippen LogP contribution is 2.26. The van der Waals surface area contributed by atoms with E-state index in [1.54, 1.807) is 49.6 Å². The Bertz CT molecular complexity index is 1280. The van der Waals surface area contributed by atoms with E-state index in [0.29, 0.717) is 22.7 Å². The molecule has 33 heavy (non-hydrogen) atoms. The molecular formula is C27H22N2O4. The largest absolute Gasteiger partial charge is 0.496 e. The summed E-state index contributed by atoms with van der Waals surface area (Å²) in [6.45, 7) is 0. The summed E-state index contributed by atoms with van der Waals surface area (Å²) in [6.07, 6.45) is 3.23. The van der Waals surface area contributed by atoms with Crippen molar-refractivity contribution in [2.75, 3.05) is 17.7 Å². The summed E-state index contributed by atoms with van der Waals surface area (Å²) < 4.78 is 10.6. The van der Waals surface area contributed by atoms with Gasteiger partial charge in [-0.1, -0.05) is 54.6 Å². The van der Waals surface area contributed by atoms with Crippen LogP contribution in [0.5, 0.6) is 5.75 Å². The fourth-order valence-electron chi connectivity index (χ4n) is 3.31. The second-order valence-corrected chi connectivity index (χ2v) is 7.13. The van der Waals surface area contributed by atoms with Crippen LogP contribution in [0.25, 0.3) is 11.6 Å². The molecule has 0 bridgehead atoms. The second kappa shape index (κ2) is 10.2. The van der Waals surface area contributed by atoms with Gasteiger partial charge in [-0.15, -0.1) is 0 Å². The van der Waals surface area contributed by atoms with Gasteiger partial charge in [-0.3, -0.25) is 9.59 Å². The van der Waals surface area contributed by atoms with Crippen LogP contribution in [0.3, 0.4) is 0 Å². The molecule has 1 heterocycles. The third-order valence-corrected chi connectivity index (χ3v) is 4.89. The maximum absolute atomic E-state index is 13.3. The number of rotatable bonds is 7. The van der Waals surface area contributed by atoms with Crippen molar-refractivity contribution in [1.82, 2.24) is 0 Å².